The molecule has 0 spiro atoms. The van der Waals surface area contributed by atoms with Gasteiger partial charge in [0.1, 0.15) is 0 Å². The van der Waals surface area contributed by atoms with Crippen LogP contribution in [0.1, 0.15) is 29.8 Å². The molecule has 0 atom stereocenters. The zero-order chi connectivity index (χ0) is 15.7. The first kappa shape index (κ1) is 17.5. The zero-order valence-electron chi connectivity index (χ0n) is 11.2. The summed E-state index contributed by atoms with van der Waals surface area (Å²) in [5.41, 5.74) is -1.35. The normalized spacial score (nSPS) is 12.4. The molecule has 0 heterocycles. The van der Waals surface area contributed by atoms with Crippen molar-refractivity contribution in [3.63, 3.8) is 0 Å². The highest BCUT2D eigenvalue weighted by Crippen LogP contribution is 2.32. The van der Waals surface area contributed by atoms with E-state index in [4.69, 9.17) is 0 Å². The molecule has 0 fully saturated rings. The van der Waals surface area contributed by atoms with Gasteiger partial charge in [0, 0.05) is 22.4 Å². The Morgan fingerprint density at radius 2 is 1.85 bits per heavy atom. The molecule has 1 aromatic carbocycles. The van der Waals surface area contributed by atoms with Crippen molar-refractivity contribution >= 4 is 37.8 Å². The zero-order valence-corrected chi connectivity index (χ0v) is 14.4. The fraction of sp³-hybridized carbons (Fsp3) is 0.462. The van der Waals surface area contributed by atoms with E-state index in [2.05, 4.69) is 31.9 Å². The van der Waals surface area contributed by atoms with Gasteiger partial charge in [-0.1, -0.05) is 15.9 Å². The van der Waals surface area contributed by atoms with Crippen molar-refractivity contribution in [1.82, 2.24) is 4.90 Å². The lowest BCUT2D eigenvalue weighted by atomic mass is 10.0. The Labute approximate surface area is 132 Å². The Bertz CT molecular complexity index is 515. The fourth-order valence-corrected chi connectivity index (χ4v) is 2.20. The van der Waals surface area contributed by atoms with Crippen LogP contribution in [0.2, 0.25) is 0 Å². The highest BCUT2D eigenvalue weighted by molar-refractivity contribution is 9.10. The molecule has 112 valence electrons. The number of benzene rings is 1. The number of nitrogens with zero attached hydrogens (tertiary/aromatic N) is 1. The highest BCUT2D eigenvalue weighted by atomic mass is 79.9. The van der Waals surface area contributed by atoms with E-state index in [-0.39, 0.29) is 5.56 Å². The van der Waals surface area contributed by atoms with E-state index in [1.54, 1.807) is 7.05 Å². The molecule has 0 saturated heterocycles. The number of hydrogen-bond donors (Lipinski definition) is 0. The summed E-state index contributed by atoms with van der Waals surface area (Å²) < 4.78 is 38.5. The molecule has 0 N–H and O–H groups in total. The molecule has 0 aliphatic carbocycles. The van der Waals surface area contributed by atoms with E-state index >= 15 is 0 Å². The van der Waals surface area contributed by atoms with Gasteiger partial charge in [-0.3, -0.25) is 4.79 Å². The molecule has 0 aliphatic heterocycles. The van der Waals surface area contributed by atoms with Gasteiger partial charge in [0.25, 0.3) is 5.91 Å². The molecule has 1 rings (SSSR count). The maximum Gasteiger partial charge on any atom is 0.416 e. The first-order valence-corrected chi connectivity index (χ1v) is 7.63. The van der Waals surface area contributed by atoms with Crippen LogP contribution >= 0.6 is 31.9 Å². The average molecular weight is 417 g/mol. The van der Waals surface area contributed by atoms with Crippen LogP contribution in [-0.4, -0.2) is 28.7 Å². The third-order valence-electron chi connectivity index (χ3n) is 3.06. The van der Waals surface area contributed by atoms with Gasteiger partial charge in [-0.25, -0.2) is 0 Å². The van der Waals surface area contributed by atoms with Crippen molar-refractivity contribution in [3.05, 3.63) is 33.8 Å². The summed E-state index contributed by atoms with van der Waals surface area (Å²) in [6.45, 7) is 3.64. The number of hydrogen-bond acceptors (Lipinski definition) is 1. The lowest BCUT2D eigenvalue weighted by Crippen LogP contribution is -2.46. The van der Waals surface area contributed by atoms with Crippen molar-refractivity contribution in [2.45, 2.75) is 25.6 Å². The summed E-state index contributed by atoms with van der Waals surface area (Å²) in [6, 6.07) is 3.05. The van der Waals surface area contributed by atoms with Crippen LogP contribution in [0.4, 0.5) is 13.2 Å². The summed E-state index contributed by atoms with van der Waals surface area (Å²) in [4.78, 5) is 13.8. The monoisotopic (exact) mass is 415 g/mol. The quantitative estimate of drug-likeness (QED) is 0.653. The van der Waals surface area contributed by atoms with Crippen LogP contribution in [0.3, 0.4) is 0 Å². The van der Waals surface area contributed by atoms with Gasteiger partial charge in [-0.05, 0) is 48.0 Å². The first-order chi connectivity index (χ1) is 9.00. The molecule has 0 radical (unpaired) electrons. The second-order valence-corrected chi connectivity index (χ2v) is 6.42. The van der Waals surface area contributed by atoms with Crippen molar-refractivity contribution in [1.29, 1.82) is 0 Å². The molecule has 0 saturated carbocycles. The van der Waals surface area contributed by atoms with Gasteiger partial charge < -0.3 is 4.90 Å². The minimum atomic E-state index is -4.47. The van der Waals surface area contributed by atoms with E-state index < -0.39 is 23.2 Å². The highest BCUT2D eigenvalue weighted by Gasteiger charge is 2.33. The topological polar surface area (TPSA) is 20.3 Å². The van der Waals surface area contributed by atoms with Gasteiger partial charge >= 0.3 is 6.18 Å². The molecule has 1 aromatic rings. The summed E-state index contributed by atoms with van der Waals surface area (Å²) >= 11 is 6.42. The van der Waals surface area contributed by atoms with Gasteiger partial charge in [0.2, 0.25) is 0 Å². The second-order valence-electron chi connectivity index (χ2n) is 5.00. The van der Waals surface area contributed by atoms with E-state index in [1.807, 2.05) is 13.8 Å². The van der Waals surface area contributed by atoms with E-state index in [0.29, 0.717) is 9.80 Å². The Kier molecular flexibility index (Phi) is 5.29. The van der Waals surface area contributed by atoms with Crippen molar-refractivity contribution in [2.24, 2.45) is 0 Å². The molecule has 0 aromatic heterocycles. The number of alkyl halides is 4. The number of carbonyl (C=O) groups is 1. The Morgan fingerprint density at radius 3 is 2.30 bits per heavy atom. The standard InChI is InChI=1S/C13H14Br2F3NO/c1-12(2,7-14)19(3)11(20)9-6-8(13(16,17)18)4-5-10(9)15/h4-6H,7H2,1-3H3. The Hall–Kier alpha value is -0.560. The summed E-state index contributed by atoms with van der Waals surface area (Å²) in [5.74, 6) is -0.465. The third-order valence-corrected chi connectivity index (χ3v) is 5.13. The summed E-state index contributed by atoms with van der Waals surface area (Å²) in [5, 5.41) is 0.513. The maximum atomic E-state index is 12.7. The van der Waals surface area contributed by atoms with Gasteiger partial charge in [-0.15, -0.1) is 0 Å². The average Bonchev–Trinajstić information content (AvgIpc) is 2.36. The third kappa shape index (κ3) is 3.75. The van der Waals surface area contributed by atoms with Gasteiger partial charge in [0.05, 0.1) is 11.1 Å². The molecular formula is C13H14Br2F3NO. The largest absolute Gasteiger partial charge is 0.416 e. The molecule has 1 amide bonds. The maximum absolute atomic E-state index is 12.7. The fourth-order valence-electron chi connectivity index (χ4n) is 1.41. The SMILES string of the molecule is CN(C(=O)c1cc(C(F)(F)F)ccc1Br)C(C)(C)CBr. The van der Waals surface area contributed by atoms with Gasteiger partial charge in [-0.2, -0.15) is 13.2 Å². The van der Waals surface area contributed by atoms with E-state index in [9.17, 15) is 18.0 Å². The number of amides is 1. The van der Waals surface area contributed by atoms with Crippen LogP contribution in [0.25, 0.3) is 0 Å². The second kappa shape index (κ2) is 6.05. The predicted molar refractivity (Wildman–Crippen MR) is 79.1 cm³/mol. The van der Waals surface area contributed by atoms with Crippen LogP contribution < -0.4 is 0 Å². The number of rotatable bonds is 3. The van der Waals surface area contributed by atoms with Gasteiger partial charge in [0.15, 0.2) is 0 Å². The molecule has 0 aliphatic rings. The Balaban J connectivity index is 3.23. The van der Waals surface area contributed by atoms with Crippen LogP contribution in [0.5, 0.6) is 0 Å². The predicted octanol–water partition coefficient (Wildman–Crippen LogP) is 4.71. The molecule has 2 nitrogen and oxygen atoms in total. The van der Waals surface area contributed by atoms with Crippen LogP contribution in [0.15, 0.2) is 22.7 Å². The van der Waals surface area contributed by atoms with Crippen LogP contribution in [0, 0.1) is 0 Å². The molecule has 7 heteroatoms. The van der Waals surface area contributed by atoms with E-state index in [1.165, 1.54) is 11.0 Å². The van der Waals surface area contributed by atoms with E-state index in [0.717, 1.165) is 12.1 Å². The summed E-state index contributed by atoms with van der Waals surface area (Å²) in [7, 11) is 1.57. The molecule has 0 bridgehead atoms. The number of halogens is 5. The summed E-state index contributed by atoms with van der Waals surface area (Å²) in [6.07, 6.45) is -4.47. The van der Waals surface area contributed by atoms with Crippen molar-refractivity contribution in [2.75, 3.05) is 12.4 Å². The van der Waals surface area contributed by atoms with Crippen molar-refractivity contribution in [3.8, 4) is 0 Å². The Morgan fingerprint density at radius 1 is 1.30 bits per heavy atom. The number of carbonyl (C=O) groups excluding carboxylic acids is 1. The molecule has 20 heavy (non-hydrogen) atoms. The smallest absolute Gasteiger partial charge is 0.336 e. The molecule has 0 unspecified atom stereocenters. The van der Waals surface area contributed by atoms with Crippen LogP contribution in [-0.2, 0) is 6.18 Å². The first-order valence-electron chi connectivity index (χ1n) is 5.71. The lowest BCUT2D eigenvalue weighted by molar-refractivity contribution is -0.137. The minimum Gasteiger partial charge on any atom is -0.336 e. The lowest BCUT2D eigenvalue weighted by Gasteiger charge is -2.34. The van der Waals surface area contributed by atoms with Crippen molar-refractivity contribution < 1.29 is 18.0 Å². The minimum absolute atomic E-state index is 0.00338. The molecular weight excluding hydrogens is 403 g/mol.